The maximum atomic E-state index is 13.7. The molecule has 0 fully saturated rings. The van der Waals surface area contributed by atoms with Crippen molar-refractivity contribution in [2.75, 3.05) is 0 Å². The molecule has 0 saturated carbocycles. The van der Waals surface area contributed by atoms with Gasteiger partial charge >= 0.3 is 8.32 Å². The quantitative estimate of drug-likeness (QED) is 0.729. The van der Waals surface area contributed by atoms with Crippen molar-refractivity contribution in [3.8, 4) is 0 Å². The van der Waals surface area contributed by atoms with Crippen LogP contribution in [0.1, 0.15) is 20.8 Å². The molecule has 0 aliphatic rings. The van der Waals surface area contributed by atoms with Crippen molar-refractivity contribution in [2.45, 2.75) is 25.8 Å². The summed E-state index contributed by atoms with van der Waals surface area (Å²) in [5.74, 6) is 0. The van der Waals surface area contributed by atoms with Gasteiger partial charge in [0.05, 0.1) is 0 Å². The first-order chi connectivity index (χ1) is 8.46. The molecule has 0 amide bonds. The van der Waals surface area contributed by atoms with Gasteiger partial charge in [-0.3, -0.25) is 4.80 Å². The van der Waals surface area contributed by atoms with Crippen molar-refractivity contribution in [3.63, 3.8) is 0 Å². The van der Waals surface area contributed by atoms with Crippen molar-refractivity contribution in [1.82, 2.24) is 0 Å². The normalized spacial score (nSPS) is 12.4. The first kappa shape index (κ1) is 13.1. The molecule has 93 valence electrons. The van der Waals surface area contributed by atoms with E-state index in [1.807, 2.05) is 60.7 Å². The van der Waals surface area contributed by atoms with Crippen LogP contribution in [0.3, 0.4) is 0 Å². The van der Waals surface area contributed by atoms with E-state index in [1.165, 1.54) is 0 Å². The topological polar surface area (TPSA) is 19.9 Å². The summed E-state index contributed by atoms with van der Waals surface area (Å²) in [6.45, 7) is 6.19. The SMILES string of the molecule is CC(C)(C)[Si]([10O])(c1ccccc1)c1ccccc1. The maximum Gasteiger partial charge on any atom is 0.304 e. The van der Waals surface area contributed by atoms with Crippen molar-refractivity contribution in [2.24, 2.45) is 0 Å². The molecule has 18 heavy (non-hydrogen) atoms. The van der Waals surface area contributed by atoms with Crippen LogP contribution in [0, 0.1) is 0 Å². The molecule has 0 heterocycles. The summed E-state index contributed by atoms with van der Waals surface area (Å²) in [5, 5.41) is 1.67. The molecule has 2 heteroatoms. The Bertz CT molecular complexity index is 460. The minimum absolute atomic E-state index is 0.254. The van der Waals surface area contributed by atoms with E-state index in [0.717, 1.165) is 10.4 Å². The van der Waals surface area contributed by atoms with Gasteiger partial charge in [-0.05, 0) is 15.4 Å². The van der Waals surface area contributed by atoms with E-state index in [9.17, 15) is 4.80 Å². The Kier molecular flexibility index (Phi) is 3.42. The Morgan fingerprint density at radius 2 is 1.06 bits per heavy atom. The van der Waals surface area contributed by atoms with Crippen LogP contribution in [-0.2, 0) is 4.80 Å². The van der Waals surface area contributed by atoms with Gasteiger partial charge in [-0.2, -0.15) is 0 Å². The first-order valence-electron chi connectivity index (χ1n) is 6.28. The molecule has 0 aromatic heterocycles. The molecule has 0 spiro atoms. The number of rotatable bonds is 2. The van der Waals surface area contributed by atoms with Crippen LogP contribution in [0.2, 0.25) is 5.04 Å². The largest absolute Gasteiger partial charge is 0.304 e. The second kappa shape index (κ2) is 4.71. The van der Waals surface area contributed by atoms with Gasteiger partial charge in [-0.15, -0.1) is 0 Å². The van der Waals surface area contributed by atoms with Crippen LogP contribution in [-0.4, -0.2) is 8.32 Å². The fourth-order valence-corrected chi connectivity index (χ4v) is 5.77. The molecule has 0 aliphatic heterocycles. The Balaban J connectivity index is 2.63. The molecule has 1 nitrogen and oxygen atoms in total. The summed E-state index contributed by atoms with van der Waals surface area (Å²) >= 11 is 0. The smallest absolute Gasteiger partial charge is 0.285 e. The van der Waals surface area contributed by atoms with Crippen molar-refractivity contribution in [1.29, 1.82) is 0 Å². The second-order valence-electron chi connectivity index (χ2n) is 5.66. The van der Waals surface area contributed by atoms with Gasteiger partial charge in [0.25, 0.3) is 0 Å². The summed E-state index contributed by atoms with van der Waals surface area (Å²) < 4.78 is 0. The van der Waals surface area contributed by atoms with Gasteiger partial charge < -0.3 is 0 Å². The minimum Gasteiger partial charge on any atom is -0.285 e. The van der Waals surface area contributed by atoms with E-state index in [-0.39, 0.29) is 5.04 Å². The first-order valence-corrected chi connectivity index (χ1v) is 8.18. The third kappa shape index (κ3) is 2.14. The lowest BCUT2D eigenvalue weighted by molar-refractivity contribution is 0.405. The molecule has 0 N–H and O–H groups in total. The van der Waals surface area contributed by atoms with Gasteiger partial charge in [0.1, 0.15) is 0 Å². The summed E-state index contributed by atoms with van der Waals surface area (Å²) in [4.78, 5) is 13.7. The lowest BCUT2D eigenvalue weighted by Crippen LogP contribution is -2.63. The molecule has 0 bridgehead atoms. The summed E-state index contributed by atoms with van der Waals surface area (Å²) in [5.41, 5.74) is 0. The number of hydrogen-bond acceptors (Lipinski definition) is 0. The van der Waals surface area contributed by atoms with Gasteiger partial charge in [-0.1, -0.05) is 81.4 Å². The van der Waals surface area contributed by atoms with E-state index in [2.05, 4.69) is 20.8 Å². The highest BCUT2D eigenvalue weighted by atomic mass is 28.3. The molecule has 0 aliphatic carbocycles. The van der Waals surface area contributed by atoms with Gasteiger partial charge in [-0.25, -0.2) is 0 Å². The highest BCUT2D eigenvalue weighted by molar-refractivity contribution is 6.98. The van der Waals surface area contributed by atoms with Gasteiger partial charge in [0, 0.05) is 0 Å². The fourth-order valence-electron chi connectivity index (χ4n) is 2.38. The summed E-state index contributed by atoms with van der Waals surface area (Å²) in [6.07, 6.45) is 0. The van der Waals surface area contributed by atoms with Crippen molar-refractivity contribution < 1.29 is 4.80 Å². The Morgan fingerprint density at radius 3 is 1.33 bits per heavy atom. The lowest BCUT2D eigenvalue weighted by Gasteiger charge is -2.36. The zero-order valence-corrected chi connectivity index (χ0v) is 12.2. The molecule has 0 atom stereocenters. The monoisotopic (exact) mass is 249 g/mol. The van der Waals surface area contributed by atoms with E-state index in [0.29, 0.717) is 0 Å². The minimum atomic E-state index is -2.95. The van der Waals surface area contributed by atoms with E-state index < -0.39 is 8.32 Å². The van der Waals surface area contributed by atoms with E-state index in [1.54, 1.807) is 0 Å². The van der Waals surface area contributed by atoms with Crippen LogP contribution in [0.4, 0.5) is 0 Å². The van der Waals surface area contributed by atoms with Crippen LogP contribution in [0.25, 0.3) is 0 Å². The standard InChI is InChI=1S/C16H19OSi/c1-16(2,3)18(17,14-10-6-4-7-11-14)15-12-8-5-9-13-15/h4-13H,1-3H3/i17-6. The third-order valence-electron chi connectivity index (χ3n) is 3.42. The Hall–Kier alpha value is -1.38. The summed E-state index contributed by atoms with van der Waals surface area (Å²) in [6, 6.07) is 19.7. The molecule has 2 aromatic rings. The number of benzene rings is 2. The molecule has 1 radical (unpaired) electrons. The van der Waals surface area contributed by atoms with E-state index >= 15 is 0 Å². The zero-order valence-electron chi connectivity index (χ0n) is 11.2. The fraction of sp³-hybridized carbons (Fsp3) is 0.250. The molecule has 0 unspecified atom stereocenters. The summed E-state index contributed by atoms with van der Waals surface area (Å²) in [7, 11) is -2.95. The van der Waals surface area contributed by atoms with Crippen LogP contribution < -0.4 is 10.4 Å². The van der Waals surface area contributed by atoms with Crippen LogP contribution in [0.5, 0.6) is 0 Å². The Labute approximate surface area is 110 Å². The molecular weight excluding hydrogens is 230 g/mol. The average Bonchev–Trinajstić information content (AvgIpc) is 2.38. The molecule has 0 saturated heterocycles. The predicted octanol–water partition coefficient (Wildman–Crippen LogP) is 2.98. The van der Waals surface area contributed by atoms with Crippen LogP contribution in [0.15, 0.2) is 60.7 Å². The zero-order chi connectivity index (χ0) is 13.2. The number of hydrogen-bond donors (Lipinski definition) is 0. The average molecular weight is 249 g/mol. The third-order valence-corrected chi connectivity index (χ3v) is 7.82. The molecule has 2 rings (SSSR count). The Morgan fingerprint density at radius 1 is 0.722 bits per heavy atom. The highest BCUT2D eigenvalue weighted by Gasteiger charge is 2.49. The van der Waals surface area contributed by atoms with Gasteiger partial charge in [0.2, 0.25) is 0 Å². The van der Waals surface area contributed by atoms with Crippen molar-refractivity contribution in [3.05, 3.63) is 60.7 Å². The molecular formula is C16H19OSi. The molecule has 2 aromatic carbocycles. The van der Waals surface area contributed by atoms with E-state index in [4.69, 9.17) is 0 Å². The maximum absolute atomic E-state index is 13.7. The van der Waals surface area contributed by atoms with Crippen LogP contribution >= 0.6 is 0 Å². The predicted molar refractivity (Wildman–Crippen MR) is 78.3 cm³/mol. The van der Waals surface area contributed by atoms with Crippen molar-refractivity contribution >= 4 is 18.7 Å². The highest BCUT2D eigenvalue weighted by Crippen LogP contribution is 2.34. The van der Waals surface area contributed by atoms with Gasteiger partial charge in [0.15, 0.2) is 0 Å². The second-order valence-corrected chi connectivity index (χ2v) is 9.68. The lowest BCUT2D eigenvalue weighted by atomic mass is 9.93.